The molecule has 27 heavy (non-hydrogen) atoms. The van der Waals surface area contributed by atoms with Crippen molar-refractivity contribution in [3.8, 4) is 11.3 Å². The Morgan fingerprint density at radius 2 is 1.89 bits per heavy atom. The van der Waals surface area contributed by atoms with Crippen LogP contribution in [0.15, 0.2) is 73.1 Å². The first-order chi connectivity index (χ1) is 13.1. The first-order valence-electron chi connectivity index (χ1n) is 9.08. The number of aromatic nitrogens is 2. The Hall–Kier alpha value is -3.40. The largest absolute Gasteiger partial charge is 0.322 e. The lowest BCUT2D eigenvalue weighted by Gasteiger charge is -2.07. The van der Waals surface area contributed by atoms with Gasteiger partial charge in [0.1, 0.15) is 5.65 Å². The molecule has 134 valence electrons. The maximum Gasteiger partial charge on any atom is 0.255 e. The van der Waals surface area contributed by atoms with Crippen molar-refractivity contribution in [3.05, 3.63) is 89.7 Å². The maximum absolute atomic E-state index is 12.5. The van der Waals surface area contributed by atoms with Gasteiger partial charge in [-0.15, -0.1) is 0 Å². The van der Waals surface area contributed by atoms with Gasteiger partial charge < -0.3 is 9.72 Å². The zero-order valence-corrected chi connectivity index (χ0v) is 15.4. The van der Waals surface area contributed by atoms with Crippen LogP contribution >= 0.6 is 0 Å². The molecule has 0 spiro atoms. The number of amides is 1. The van der Waals surface area contributed by atoms with Crippen LogP contribution in [-0.2, 0) is 6.42 Å². The van der Waals surface area contributed by atoms with Crippen LogP contribution in [0.3, 0.4) is 0 Å². The van der Waals surface area contributed by atoms with E-state index in [0.717, 1.165) is 29.0 Å². The fraction of sp³-hybridized carbons (Fsp3) is 0.130. The van der Waals surface area contributed by atoms with Crippen LogP contribution in [0.25, 0.3) is 16.9 Å². The number of pyridine rings is 1. The number of hydrogen-bond acceptors (Lipinski definition) is 2. The number of carbonyl (C=O) groups excluding carboxylic acids is 1. The van der Waals surface area contributed by atoms with Crippen molar-refractivity contribution in [2.75, 3.05) is 5.32 Å². The van der Waals surface area contributed by atoms with E-state index in [4.69, 9.17) is 4.98 Å². The molecule has 2 aromatic carbocycles. The number of carbonyl (C=O) groups is 1. The van der Waals surface area contributed by atoms with E-state index in [9.17, 15) is 4.79 Å². The highest BCUT2D eigenvalue weighted by Gasteiger charge is 2.09. The highest BCUT2D eigenvalue weighted by atomic mass is 16.1. The Morgan fingerprint density at radius 1 is 1.07 bits per heavy atom. The van der Waals surface area contributed by atoms with Gasteiger partial charge in [-0.05, 0) is 60.9 Å². The van der Waals surface area contributed by atoms with Gasteiger partial charge in [-0.1, -0.05) is 31.2 Å². The minimum Gasteiger partial charge on any atom is -0.322 e. The highest BCUT2D eigenvalue weighted by Crippen LogP contribution is 2.23. The van der Waals surface area contributed by atoms with Crippen LogP contribution in [0.5, 0.6) is 0 Å². The number of nitrogens with one attached hydrogen (secondary N) is 1. The summed E-state index contributed by atoms with van der Waals surface area (Å²) in [6.45, 7) is 4.15. The molecule has 0 unspecified atom stereocenters. The molecule has 1 amide bonds. The van der Waals surface area contributed by atoms with E-state index >= 15 is 0 Å². The molecule has 2 aromatic heterocycles. The molecule has 4 rings (SSSR count). The molecule has 2 heterocycles. The van der Waals surface area contributed by atoms with E-state index < -0.39 is 0 Å². The fourth-order valence-electron chi connectivity index (χ4n) is 3.07. The third kappa shape index (κ3) is 3.60. The summed E-state index contributed by atoms with van der Waals surface area (Å²) >= 11 is 0. The fourth-order valence-corrected chi connectivity index (χ4v) is 3.07. The minimum atomic E-state index is -0.111. The second-order valence-corrected chi connectivity index (χ2v) is 6.68. The van der Waals surface area contributed by atoms with Crippen LogP contribution < -0.4 is 5.32 Å². The molecule has 0 saturated carbocycles. The minimum absolute atomic E-state index is 0.111. The smallest absolute Gasteiger partial charge is 0.255 e. The van der Waals surface area contributed by atoms with Gasteiger partial charge in [-0.25, -0.2) is 4.98 Å². The number of hydrogen-bond donors (Lipinski definition) is 1. The number of imidazole rings is 1. The summed E-state index contributed by atoms with van der Waals surface area (Å²) in [5.41, 5.74) is 6.56. The predicted octanol–water partition coefficient (Wildman–Crippen LogP) is 5.12. The Morgan fingerprint density at radius 3 is 2.67 bits per heavy atom. The molecule has 0 aliphatic rings. The molecule has 0 aliphatic carbocycles. The summed E-state index contributed by atoms with van der Waals surface area (Å²) in [5.74, 6) is -0.111. The Bertz CT molecular complexity index is 1110. The zero-order valence-electron chi connectivity index (χ0n) is 15.4. The van der Waals surface area contributed by atoms with Gasteiger partial charge in [0.05, 0.1) is 5.69 Å². The lowest BCUT2D eigenvalue weighted by Crippen LogP contribution is -2.11. The standard InChI is InChI=1S/C23H21N3O/c1-3-17-7-9-18(10-8-17)23(27)24-20-6-4-5-19(14-20)21-15-26-12-11-16(2)13-22(26)25-21/h4-15H,3H2,1-2H3,(H,24,27). The molecule has 0 atom stereocenters. The van der Waals surface area contributed by atoms with E-state index in [-0.39, 0.29) is 5.91 Å². The predicted molar refractivity (Wildman–Crippen MR) is 109 cm³/mol. The topological polar surface area (TPSA) is 46.4 Å². The number of aryl methyl sites for hydroxylation is 2. The third-order valence-corrected chi connectivity index (χ3v) is 4.66. The monoisotopic (exact) mass is 355 g/mol. The van der Waals surface area contributed by atoms with E-state index in [1.807, 2.05) is 65.3 Å². The second kappa shape index (κ2) is 7.08. The normalized spacial score (nSPS) is 10.9. The van der Waals surface area contributed by atoms with Crippen molar-refractivity contribution in [1.29, 1.82) is 0 Å². The lowest BCUT2D eigenvalue weighted by molar-refractivity contribution is 0.102. The first kappa shape index (κ1) is 17.0. The van der Waals surface area contributed by atoms with Gasteiger partial charge in [-0.3, -0.25) is 4.79 Å². The molecular formula is C23H21N3O. The van der Waals surface area contributed by atoms with Crippen molar-refractivity contribution < 1.29 is 4.79 Å². The van der Waals surface area contributed by atoms with Gasteiger partial charge in [0.2, 0.25) is 0 Å². The average molecular weight is 355 g/mol. The molecule has 0 fully saturated rings. The van der Waals surface area contributed by atoms with Crippen molar-refractivity contribution in [2.45, 2.75) is 20.3 Å². The molecule has 4 heteroatoms. The molecule has 0 bridgehead atoms. The quantitative estimate of drug-likeness (QED) is 0.552. The average Bonchev–Trinajstić information content (AvgIpc) is 3.11. The van der Waals surface area contributed by atoms with Crippen LogP contribution in [0.2, 0.25) is 0 Å². The molecule has 0 aliphatic heterocycles. The van der Waals surface area contributed by atoms with E-state index in [2.05, 4.69) is 31.3 Å². The number of benzene rings is 2. The van der Waals surface area contributed by atoms with Gasteiger partial charge >= 0.3 is 0 Å². The van der Waals surface area contributed by atoms with Crippen molar-refractivity contribution in [2.24, 2.45) is 0 Å². The summed E-state index contributed by atoms with van der Waals surface area (Å²) < 4.78 is 2.00. The molecule has 4 aromatic rings. The Kier molecular flexibility index (Phi) is 4.47. The van der Waals surface area contributed by atoms with Crippen molar-refractivity contribution in [3.63, 3.8) is 0 Å². The summed E-state index contributed by atoms with van der Waals surface area (Å²) in [7, 11) is 0. The van der Waals surface area contributed by atoms with Crippen molar-refractivity contribution >= 4 is 17.2 Å². The van der Waals surface area contributed by atoms with E-state index in [0.29, 0.717) is 5.56 Å². The van der Waals surface area contributed by atoms with E-state index in [1.54, 1.807) is 0 Å². The Labute approximate surface area is 158 Å². The number of fused-ring (bicyclic) bond motifs is 1. The van der Waals surface area contributed by atoms with Crippen molar-refractivity contribution in [1.82, 2.24) is 9.38 Å². The molecular weight excluding hydrogens is 334 g/mol. The molecule has 0 saturated heterocycles. The van der Waals surface area contributed by atoms with E-state index in [1.165, 1.54) is 11.1 Å². The second-order valence-electron chi connectivity index (χ2n) is 6.68. The molecule has 4 nitrogen and oxygen atoms in total. The number of anilines is 1. The highest BCUT2D eigenvalue weighted by molar-refractivity contribution is 6.04. The van der Waals surface area contributed by atoms with Gasteiger partial charge in [0.25, 0.3) is 5.91 Å². The van der Waals surface area contributed by atoms with Gasteiger partial charge in [-0.2, -0.15) is 0 Å². The SMILES string of the molecule is CCc1ccc(C(=O)Nc2cccc(-c3cn4ccc(C)cc4n3)c2)cc1. The maximum atomic E-state index is 12.5. The van der Waals surface area contributed by atoms with Crippen LogP contribution in [0.1, 0.15) is 28.4 Å². The number of nitrogens with zero attached hydrogens (tertiary/aromatic N) is 2. The third-order valence-electron chi connectivity index (χ3n) is 4.66. The number of rotatable bonds is 4. The summed E-state index contributed by atoms with van der Waals surface area (Å²) in [4.78, 5) is 17.2. The van der Waals surface area contributed by atoms with Crippen LogP contribution in [0.4, 0.5) is 5.69 Å². The van der Waals surface area contributed by atoms with Gasteiger partial charge in [0, 0.05) is 29.2 Å². The lowest BCUT2D eigenvalue weighted by atomic mass is 10.1. The molecule has 1 N–H and O–H groups in total. The Balaban J connectivity index is 1.58. The van der Waals surface area contributed by atoms with Gasteiger partial charge in [0.15, 0.2) is 0 Å². The van der Waals surface area contributed by atoms with Crippen LogP contribution in [-0.4, -0.2) is 15.3 Å². The zero-order chi connectivity index (χ0) is 18.8. The summed E-state index contributed by atoms with van der Waals surface area (Å²) in [6.07, 6.45) is 4.97. The summed E-state index contributed by atoms with van der Waals surface area (Å²) in [6, 6.07) is 19.6. The van der Waals surface area contributed by atoms with Crippen LogP contribution in [0, 0.1) is 6.92 Å². The first-order valence-corrected chi connectivity index (χ1v) is 9.08. The molecule has 0 radical (unpaired) electrons. The summed E-state index contributed by atoms with van der Waals surface area (Å²) in [5, 5.41) is 2.98.